The fourth-order valence-electron chi connectivity index (χ4n) is 2.66. The molecule has 1 aromatic heterocycles. The maximum atomic E-state index is 9.04. The number of fused-ring (bicyclic) bond motifs is 1. The summed E-state index contributed by atoms with van der Waals surface area (Å²) in [5.74, 6) is 2.06. The van der Waals surface area contributed by atoms with Gasteiger partial charge < -0.3 is 15.8 Å². The largest absolute Gasteiger partial charge is 0.409 e. The van der Waals surface area contributed by atoms with E-state index in [9.17, 15) is 0 Å². The summed E-state index contributed by atoms with van der Waals surface area (Å²) >= 11 is 1.84. The molecule has 0 bridgehead atoms. The van der Waals surface area contributed by atoms with E-state index in [-0.39, 0.29) is 5.84 Å². The van der Waals surface area contributed by atoms with Crippen LogP contribution in [0.3, 0.4) is 0 Å². The van der Waals surface area contributed by atoms with Gasteiger partial charge in [0.1, 0.15) is 5.82 Å². The second kappa shape index (κ2) is 7.02. The molecule has 0 saturated carbocycles. The average Bonchev–Trinajstić information content (AvgIpc) is 2.97. The van der Waals surface area contributed by atoms with Gasteiger partial charge >= 0.3 is 0 Å². The second-order valence-corrected chi connectivity index (χ2v) is 6.53. The molecule has 0 saturated heterocycles. The zero-order valence-corrected chi connectivity index (χ0v) is 13.8. The number of hydrogen-bond donors (Lipinski definition) is 2. The van der Waals surface area contributed by atoms with Gasteiger partial charge in [-0.25, -0.2) is 4.98 Å². The molecular weight excluding hydrogens is 284 g/mol. The third-order valence-corrected chi connectivity index (χ3v) is 4.79. The summed E-state index contributed by atoms with van der Waals surface area (Å²) in [6.45, 7) is 2.18. The predicted molar refractivity (Wildman–Crippen MR) is 89.6 cm³/mol. The lowest BCUT2D eigenvalue weighted by Crippen LogP contribution is -2.33. The fraction of sp³-hybridized carbons (Fsp3) is 0.600. The number of hydrogen-bond acceptors (Lipinski definition) is 5. The summed E-state index contributed by atoms with van der Waals surface area (Å²) in [6.07, 6.45) is 6.37. The van der Waals surface area contributed by atoms with Crippen molar-refractivity contribution in [3.8, 4) is 0 Å². The molecule has 0 radical (unpaired) electrons. The normalized spacial score (nSPS) is 15.9. The first-order chi connectivity index (χ1) is 10.1. The highest BCUT2D eigenvalue weighted by atomic mass is 32.2. The van der Waals surface area contributed by atoms with Gasteiger partial charge in [0.05, 0.1) is 5.56 Å². The standard InChI is InChI=1S/C15H24N4OS/c1-10(7-8-21-3)19(2)15-12(14(16)18-20)9-11-5-4-6-13(11)17-15/h9-10,20H,4-8H2,1-3H3,(H2,16,18). The Hall–Kier alpha value is -1.43. The van der Waals surface area contributed by atoms with Gasteiger partial charge in [0.15, 0.2) is 5.84 Å². The summed E-state index contributed by atoms with van der Waals surface area (Å²) in [5.41, 5.74) is 8.97. The first kappa shape index (κ1) is 15.9. The monoisotopic (exact) mass is 308 g/mol. The van der Waals surface area contributed by atoms with Crippen molar-refractivity contribution < 1.29 is 5.21 Å². The van der Waals surface area contributed by atoms with Gasteiger partial charge in [0.25, 0.3) is 0 Å². The maximum Gasteiger partial charge on any atom is 0.173 e. The van der Waals surface area contributed by atoms with Crippen LogP contribution >= 0.6 is 11.8 Å². The van der Waals surface area contributed by atoms with Crippen molar-refractivity contribution in [2.24, 2.45) is 10.9 Å². The van der Waals surface area contributed by atoms with Crippen LogP contribution in [0.25, 0.3) is 0 Å². The van der Waals surface area contributed by atoms with Gasteiger partial charge in [-0.3, -0.25) is 0 Å². The SMILES string of the molecule is CSCCC(C)N(C)c1nc2c(cc1C(N)=NO)CCC2. The van der Waals surface area contributed by atoms with E-state index in [1.807, 2.05) is 24.9 Å². The van der Waals surface area contributed by atoms with Crippen LogP contribution in [0.2, 0.25) is 0 Å². The van der Waals surface area contributed by atoms with E-state index >= 15 is 0 Å². The quantitative estimate of drug-likeness (QED) is 0.365. The van der Waals surface area contributed by atoms with Crippen LogP contribution in [-0.2, 0) is 12.8 Å². The third-order valence-electron chi connectivity index (χ3n) is 4.15. The Morgan fingerprint density at radius 3 is 3.00 bits per heavy atom. The smallest absolute Gasteiger partial charge is 0.173 e. The van der Waals surface area contributed by atoms with Crippen LogP contribution in [0.1, 0.15) is 36.6 Å². The molecule has 0 spiro atoms. The highest BCUT2D eigenvalue weighted by Crippen LogP contribution is 2.28. The van der Waals surface area contributed by atoms with Gasteiger partial charge in [0.2, 0.25) is 0 Å². The molecule has 2 rings (SSSR count). The van der Waals surface area contributed by atoms with Gasteiger partial charge in [-0.2, -0.15) is 11.8 Å². The first-order valence-electron chi connectivity index (χ1n) is 7.31. The lowest BCUT2D eigenvalue weighted by Gasteiger charge is -2.28. The molecular formula is C15H24N4OS. The minimum atomic E-state index is 0.135. The molecule has 1 aromatic rings. The Kier molecular flexibility index (Phi) is 5.33. The van der Waals surface area contributed by atoms with Crippen LogP contribution < -0.4 is 10.6 Å². The molecule has 116 valence electrons. The van der Waals surface area contributed by atoms with Gasteiger partial charge in [0, 0.05) is 18.8 Å². The number of anilines is 1. The Morgan fingerprint density at radius 2 is 2.33 bits per heavy atom. The van der Waals surface area contributed by atoms with Crippen LogP contribution in [0.5, 0.6) is 0 Å². The van der Waals surface area contributed by atoms with Crippen molar-refractivity contribution in [3.63, 3.8) is 0 Å². The van der Waals surface area contributed by atoms with E-state index < -0.39 is 0 Å². The molecule has 0 aliphatic heterocycles. The minimum Gasteiger partial charge on any atom is -0.409 e. The van der Waals surface area contributed by atoms with E-state index in [2.05, 4.69) is 23.2 Å². The Morgan fingerprint density at radius 1 is 1.57 bits per heavy atom. The van der Waals surface area contributed by atoms with E-state index in [4.69, 9.17) is 15.9 Å². The summed E-state index contributed by atoms with van der Waals surface area (Å²) in [6, 6.07) is 2.40. The summed E-state index contributed by atoms with van der Waals surface area (Å²) in [5, 5.41) is 12.2. The highest BCUT2D eigenvalue weighted by Gasteiger charge is 2.22. The molecule has 1 heterocycles. The number of nitrogens with zero attached hydrogens (tertiary/aromatic N) is 3. The van der Waals surface area contributed by atoms with Crippen LogP contribution in [0.4, 0.5) is 5.82 Å². The maximum absolute atomic E-state index is 9.04. The van der Waals surface area contributed by atoms with E-state index in [0.29, 0.717) is 6.04 Å². The number of aromatic nitrogens is 1. The van der Waals surface area contributed by atoms with Crippen molar-refractivity contribution in [1.29, 1.82) is 0 Å². The minimum absolute atomic E-state index is 0.135. The summed E-state index contributed by atoms with van der Waals surface area (Å²) in [4.78, 5) is 6.94. The van der Waals surface area contributed by atoms with Crippen LogP contribution in [-0.4, -0.2) is 41.1 Å². The molecule has 0 amide bonds. The fourth-order valence-corrected chi connectivity index (χ4v) is 3.24. The number of aryl methyl sites for hydroxylation is 2. The number of rotatable bonds is 6. The third kappa shape index (κ3) is 3.43. The number of amidine groups is 1. The van der Waals surface area contributed by atoms with Gasteiger partial charge in [-0.15, -0.1) is 0 Å². The van der Waals surface area contributed by atoms with Crippen molar-refractivity contribution in [3.05, 3.63) is 22.9 Å². The molecule has 1 atom stereocenters. The van der Waals surface area contributed by atoms with Crippen LogP contribution in [0, 0.1) is 0 Å². The predicted octanol–water partition coefficient (Wildman–Crippen LogP) is 2.24. The Labute approximate surface area is 130 Å². The zero-order chi connectivity index (χ0) is 15.4. The van der Waals surface area contributed by atoms with Crippen molar-refractivity contribution in [1.82, 2.24) is 4.98 Å². The average molecular weight is 308 g/mol. The molecule has 21 heavy (non-hydrogen) atoms. The molecule has 3 N–H and O–H groups in total. The lowest BCUT2D eigenvalue weighted by molar-refractivity contribution is 0.318. The molecule has 0 aromatic carbocycles. The number of pyridine rings is 1. The topological polar surface area (TPSA) is 74.7 Å². The summed E-state index contributed by atoms with van der Waals surface area (Å²) < 4.78 is 0. The Bertz CT molecular complexity index is 533. The van der Waals surface area contributed by atoms with E-state index in [1.54, 1.807) is 0 Å². The summed E-state index contributed by atoms with van der Waals surface area (Å²) in [7, 11) is 2.03. The van der Waals surface area contributed by atoms with Gasteiger partial charge in [-0.05, 0) is 56.2 Å². The first-order valence-corrected chi connectivity index (χ1v) is 8.70. The molecule has 6 heteroatoms. The lowest BCUT2D eigenvalue weighted by atomic mass is 10.1. The van der Waals surface area contributed by atoms with Crippen LogP contribution in [0.15, 0.2) is 11.2 Å². The Balaban J connectivity index is 2.36. The number of nitrogens with two attached hydrogens (primary N) is 1. The van der Waals surface area contributed by atoms with Crippen molar-refractivity contribution in [2.45, 2.75) is 38.6 Å². The molecule has 1 unspecified atom stereocenters. The van der Waals surface area contributed by atoms with Gasteiger partial charge in [-0.1, -0.05) is 5.16 Å². The number of thioether (sulfide) groups is 1. The van der Waals surface area contributed by atoms with Crippen molar-refractivity contribution >= 4 is 23.4 Å². The zero-order valence-electron chi connectivity index (χ0n) is 13.0. The van der Waals surface area contributed by atoms with Crippen molar-refractivity contribution in [2.75, 3.05) is 24.0 Å². The second-order valence-electron chi connectivity index (χ2n) is 5.55. The highest BCUT2D eigenvalue weighted by molar-refractivity contribution is 7.98. The van der Waals surface area contributed by atoms with E-state index in [0.717, 1.165) is 48.5 Å². The molecule has 1 aliphatic rings. The molecule has 1 aliphatic carbocycles. The van der Waals surface area contributed by atoms with E-state index in [1.165, 1.54) is 5.56 Å². The molecule has 0 fully saturated rings. The molecule has 5 nitrogen and oxygen atoms in total. The number of oxime groups is 1.